The lowest BCUT2D eigenvalue weighted by Gasteiger charge is -2.12. The van der Waals surface area contributed by atoms with Crippen LogP contribution < -0.4 is 0 Å². The lowest BCUT2D eigenvalue weighted by Crippen LogP contribution is -2.13. The van der Waals surface area contributed by atoms with E-state index in [0.29, 0.717) is 31.1 Å². The summed E-state index contributed by atoms with van der Waals surface area (Å²) in [7, 11) is 1.67. The van der Waals surface area contributed by atoms with Gasteiger partial charge in [-0.15, -0.1) is 0 Å². The topological polar surface area (TPSA) is 26.3 Å². The van der Waals surface area contributed by atoms with Crippen molar-refractivity contribution in [1.29, 1.82) is 0 Å². The molecule has 2 heteroatoms. The zero-order valence-corrected chi connectivity index (χ0v) is 11.2. The van der Waals surface area contributed by atoms with Gasteiger partial charge in [0.1, 0.15) is 5.78 Å². The van der Waals surface area contributed by atoms with Gasteiger partial charge in [-0.25, -0.2) is 0 Å². The predicted octanol–water partition coefficient (Wildman–Crippen LogP) is 3.09. The van der Waals surface area contributed by atoms with Gasteiger partial charge in [0.15, 0.2) is 0 Å². The standard InChI is InChI=1S/C15H22O2/c1-11(10-17-4)8-14(16)9-15-12(2)6-5-7-13(15)3/h5-7,11H,8-10H2,1-4H3. The smallest absolute Gasteiger partial charge is 0.137 e. The molecule has 0 heterocycles. The van der Waals surface area contributed by atoms with E-state index in [2.05, 4.69) is 26.0 Å². The Bertz CT molecular complexity index is 362. The molecule has 0 aliphatic rings. The van der Waals surface area contributed by atoms with Crippen molar-refractivity contribution in [1.82, 2.24) is 0 Å². The summed E-state index contributed by atoms with van der Waals surface area (Å²) in [5.74, 6) is 0.601. The van der Waals surface area contributed by atoms with E-state index in [-0.39, 0.29) is 0 Å². The Labute approximate surface area is 104 Å². The molecule has 94 valence electrons. The number of ketones is 1. The number of ether oxygens (including phenoxy) is 1. The van der Waals surface area contributed by atoms with Gasteiger partial charge in [-0.2, -0.15) is 0 Å². The fraction of sp³-hybridized carbons (Fsp3) is 0.533. The quantitative estimate of drug-likeness (QED) is 0.756. The number of hydrogen-bond acceptors (Lipinski definition) is 2. The second kappa shape index (κ2) is 6.55. The maximum absolute atomic E-state index is 11.9. The molecule has 0 aromatic heterocycles. The van der Waals surface area contributed by atoms with Gasteiger partial charge in [-0.05, 0) is 36.5 Å². The summed E-state index contributed by atoms with van der Waals surface area (Å²) in [4.78, 5) is 11.9. The van der Waals surface area contributed by atoms with Crippen molar-refractivity contribution in [3.05, 3.63) is 34.9 Å². The number of rotatable bonds is 6. The van der Waals surface area contributed by atoms with Crippen molar-refractivity contribution in [3.63, 3.8) is 0 Å². The van der Waals surface area contributed by atoms with E-state index in [9.17, 15) is 4.79 Å². The normalized spacial score (nSPS) is 12.5. The fourth-order valence-electron chi connectivity index (χ4n) is 2.13. The second-order valence-corrected chi connectivity index (χ2v) is 4.85. The lowest BCUT2D eigenvalue weighted by molar-refractivity contribution is -0.119. The van der Waals surface area contributed by atoms with Crippen LogP contribution in [0, 0.1) is 19.8 Å². The van der Waals surface area contributed by atoms with Crippen LogP contribution in [0.2, 0.25) is 0 Å². The highest BCUT2D eigenvalue weighted by atomic mass is 16.5. The minimum Gasteiger partial charge on any atom is -0.384 e. The molecule has 0 radical (unpaired) electrons. The van der Waals surface area contributed by atoms with Crippen LogP contribution in [-0.4, -0.2) is 19.5 Å². The average Bonchev–Trinajstić information content (AvgIpc) is 2.24. The molecule has 1 aromatic rings. The molecule has 17 heavy (non-hydrogen) atoms. The van der Waals surface area contributed by atoms with E-state index >= 15 is 0 Å². The summed E-state index contributed by atoms with van der Waals surface area (Å²) >= 11 is 0. The summed E-state index contributed by atoms with van der Waals surface area (Å²) < 4.78 is 5.05. The SMILES string of the molecule is COCC(C)CC(=O)Cc1c(C)cccc1C. The maximum atomic E-state index is 11.9. The molecule has 2 nitrogen and oxygen atoms in total. The van der Waals surface area contributed by atoms with Crippen LogP contribution in [0.4, 0.5) is 0 Å². The first-order chi connectivity index (χ1) is 8.04. The molecule has 0 bridgehead atoms. The summed E-state index contributed by atoms with van der Waals surface area (Å²) in [5.41, 5.74) is 3.60. The van der Waals surface area contributed by atoms with Crippen molar-refractivity contribution < 1.29 is 9.53 Å². The van der Waals surface area contributed by atoms with Crippen LogP contribution in [0.1, 0.15) is 30.0 Å². The van der Waals surface area contributed by atoms with Gasteiger partial charge in [0.05, 0.1) is 0 Å². The second-order valence-electron chi connectivity index (χ2n) is 4.85. The minimum absolute atomic E-state index is 0.298. The number of aryl methyl sites for hydroxylation is 2. The van der Waals surface area contributed by atoms with Crippen molar-refractivity contribution >= 4 is 5.78 Å². The largest absolute Gasteiger partial charge is 0.384 e. The Hall–Kier alpha value is -1.15. The molecule has 0 aliphatic heterocycles. The van der Waals surface area contributed by atoms with Gasteiger partial charge in [-0.1, -0.05) is 25.1 Å². The van der Waals surface area contributed by atoms with Crippen LogP contribution in [0.3, 0.4) is 0 Å². The number of methoxy groups -OCH3 is 1. The van der Waals surface area contributed by atoms with Crippen molar-refractivity contribution in [2.45, 2.75) is 33.6 Å². The highest BCUT2D eigenvalue weighted by Gasteiger charge is 2.12. The van der Waals surface area contributed by atoms with Crippen molar-refractivity contribution in [2.24, 2.45) is 5.92 Å². The lowest BCUT2D eigenvalue weighted by atomic mass is 9.95. The summed E-state index contributed by atoms with van der Waals surface area (Å²) in [6.45, 7) is 6.83. The molecule has 1 unspecified atom stereocenters. The van der Waals surface area contributed by atoms with Gasteiger partial charge in [0, 0.05) is 26.6 Å². The highest BCUT2D eigenvalue weighted by Crippen LogP contribution is 2.16. The third kappa shape index (κ3) is 4.31. The third-order valence-electron chi connectivity index (χ3n) is 3.05. The number of hydrogen-bond donors (Lipinski definition) is 0. The Morgan fingerprint density at radius 2 is 1.88 bits per heavy atom. The maximum Gasteiger partial charge on any atom is 0.137 e. The molecular weight excluding hydrogens is 212 g/mol. The molecule has 0 aliphatic carbocycles. The molecule has 0 fully saturated rings. The van der Waals surface area contributed by atoms with Crippen LogP contribution in [0.5, 0.6) is 0 Å². The van der Waals surface area contributed by atoms with E-state index in [1.165, 1.54) is 16.7 Å². The number of Topliss-reactive ketones (excluding diaryl/α,β-unsaturated/α-hetero) is 1. The molecular formula is C15H22O2. The van der Waals surface area contributed by atoms with E-state index < -0.39 is 0 Å². The monoisotopic (exact) mass is 234 g/mol. The first kappa shape index (κ1) is 13.9. The Morgan fingerprint density at radius 1 is 1.29 bits per heavy atom. The van der Waals surface area contributed by atoms with Gasteiger partial charge in [0.25, 0.3) is 0 Å². The van der Waals surface area contributed by atoms with Crippen molar-refractivity contribution in [3.8, 4) is 0 Å². The third-order valence-corrected chi connectivity index (χ3v) is 3.05. The molecule has 0 amide bonds. The molecule has 0 saturated heterocycles. The zero-order valence-electron chi connectivity index (χ0n) is 11.2. The molecule has 1 atom stereocenters. The van der Waals surface area contributed by atoms with E-state index in [1.807, 2.05) is 13.0 Å². The molecule has 1 rings (SSSR count). The van der Waals surface area contributed by atoms with Gasteiger partial charge < -0.3 is 4.74 Å². The fourth-order valence-corrected chi connectivity index (χ4v) is 2.13. The van der Waals surface area contributed by atoms with Crippen LogP contribution >= 0.6 is 0 Å². The number of benzene rings is 1. The van der Waals surface area contributed by atoms with Crippen molar-refractivity contribution in [2.75, 3.05) is 13.7 Å². The average molecular weight is 234 g/mol. The zero-order chi connectivity index (χ0) is 12.8. The van der Waals surface area contributed by atoms with E-state index in [0.717, 1.165) is 0 Å². The molecule has 0 N–H and O–H groups in total. The van der Waals surface area contributed by atoms with E-state index in [1.54, 1.807) is 7.11 Å². The van der Waals surface area contributed by atoms with Gasteiger partial charge in [0.2, 0.25) is 0 Å². The minimum atomic E-state index is 0.298. The summed E-state index contributed by atoms with van der Waals surface area (Å²) in [6.07, 6.45) is 1.15. The molecule has 0 saturated carbocycles. The first-order valence-electron chi connectivity index (χ1n) is 6.10. The van der Waals surface area contributed by atoms with E-state index in [4.69, 9.17) is 4.74 Å². The van der Waals surface area contributed by atoms with Crippen LogP contribution in [0.15, 0.2) is 18.2 Å². The Kier molecular flexibility index (Phi) is 5.36. The molecule has 0 spiro atoms. The van der Waals surface area contributed by atoms with Crippen LogP contribution in [-0.2, 0) is 16.0 Å². The number of carbonyl (C=O) groups is 1. The molecule has 1 aromatic carbocycles. The summed E-state index contributed by atoms with van der Waals surface area (Å²) in [5, 5.41) is 0. The highest BCUT2D eigenvalue weighted by molar-refractivity contribution is 5.81. The Balaban J connectivity index is 2.62. The van der Waals surface area contributed by atoms with Gasteiger partial charge >= 0.3 is 0 Å². The number of carbonyl (C=O) groups excluding carboxylic acids is 1. The summed E-state index contributed by atoms with van der Waals surface area (Å²) in [6, 6.07) is 6.16. The Morgan fingerprint density at radius 3 is 2.41 bits per heavy atom. The predicted molar refractivity (Wildman–Crippen MR) is 70.3 cm³/mol. The van der Waals surface area contributed by atoms with Gasteiger partial charge in [-0.3, -0.25) is 4.79 Å². The van der Waals surface area contributed by atoms with Crippen LogP contribution in [0.25, 0.3) is 0 Å². The first-order valence-corrected chi connectivity index (χ1v) is 6.10.